The average Bonchev–Trinajstić information content (AvgIpc) is 2.54. The van der Waals surface area contributed by atoms with E-state index in [1.54, 1.807) is 6.92 Å². The minimum Gasteiger partial charge on any atom is -0.480 e. The van der Waals surface area contributed by atoms with Crippen molar-refractivity contribution in [1.29, 1.82) is 0 Å². The molecule has 1 aromatic heterocycles. The molecule has 0 aliphatic carbocycles. The summed E-state index contributed by atoms with van der Waals surface area (Å²) >= 11 is 0. The Morgan fingerprint density at radius 3 is 2.73 bits per heavy atom. The number of aliphatic carboxylic acids is 1. The molecular weight excluding hydrogens is 196 g/mol. The maximum absolute atomic E-state index is 11.2. The number of nitrogens with zero attached hydrogens (tertiary/aromatic N) is 3. The van der Waals surface area contributed by atoms with E-state index >= 15 is 0 Å². The van der Waals surface area contributed by atoms with Crippen LogP contribution in [0.2, 0.25) is 0 Å². The Labute approximate surface area is 88.3 Å². The van der Waals surface area contributed by atoms with Gasteiger partial charge < -0.3 is 5.11 Å². The molecule has 0 spiro atoms. The van der Waals surface area contributed by atoms with Gasteiger partial charge in [-0.05, 0) is 20.8 Å². The van der Waals surface area contributed by atoms with Crippen molar-refractivity contribution in [3.63, 3.8) is 0 Å². The third kappa shape index (κ3) is 3.02. The number of carboxylic acid groups (broad SMARTS) is 1. The SMILES string of the molecule is CC(C)NC(C)(Cn1cncn1)C(=O)O. The highest BCUT2D eigenvalue weighted by molar-refractivity contribution is 5.78. The first-order valence-electron chi connectivity index (χ1n) is 4.77. The average molecular weight is 212 g/mol. The lowest BCUT2D eigenvalue weighted by Crippen LogP contribution is -2.55. The van der Waals surface area contributed by atoms with E-state index < -0.39 is 11.5 Å². The number of hydrogen-bond acceptors (Lipinski definition) is 4. The molecule has 1 rings (SSSR count). The quantitative estimate of drug-likeness (QED) is 0.724. The molecule has 0 aliphatic heterocycles. The van der Waals surface area contributed by atoms with Gasteiger partial charge in [0.1, 0.15) is 18.2 Å². The summed E-state index contributed by atoms with van der Waals surface area (Å²) in [6, 6.07) is 0.0922. The van der Waals surface area contributed by atoms with Crippen molar-refractivity contribution in [3.8, 4) is 0 Å². The Morgan fingerprint density at radius 1 is 1.67 bits per heavy atom. The highest BCUT2D eigenvalue weighted by atomic mass is 16.4. The van der Waals surface area contributed by atoms with Crippen molar-refractivity contribution in [2.75, 3.05) is 0 Å². The summed E-state index contributed by atoms with van der Waals surface area (Å²) in [6.45, 7) is 5.70. The number of rotatable bonds is 5. The largest absolute Gasteiger partial charge is 0.480 e. The Morgan fingerprint density at radius 2 is 2.33 bits per heavy atom. The van der Waals surface area contributed by atoms with Crippen molar-refractivity contribution in [3.05, 3.63) is 12.7 Å². The van der Waals surface area contributed by atoms with Gasteiger partial charge in [-0.1, -0.05) is 0 Å². The van der Waals surface area contributed by atoms with Crippen LogP contribution in [0.1, 0.15) is 20.8 Å². The summed E-state index contributed by atoms with van der Waals surface area (Å²) in [6.07, 6.45) is 2.89. The summed E-state index contributed by atoms with van der Waals surface area (Å²) in [5.74, 6) is -0.897. The lowest BCUT2D eigenvalue weighted by atomic mass is 10.0. The second kappa shape index (κ2) is 4.39. The van der Waals surface area contributed by atoms with E-state index in [0.29, 0.717) is 0 Å². The van der Waals surface area contributed by atoms with E-state index in [1.807, 2.05) is 13.8 Å². The molecule has 0 aliphatic rings. The normalized spacial score (nSPS) is 15.2. The molecule has 15 heavy (non-hydrogen) atoms. The van der Waals surface area contributed by atoms with Crippen LogP contribution in [0, 0.1) is 0 Å². The molecule has 1 heterocycles. The second-order valence-corrected chi connectivity index (χ2v) is 4.03. The standard InChI is InChI=1S/C9H16N4O2/c1-7(2)12-9(3,8(14)15)4-13-6-10-5-11-13/h5-7,12H,4H2,1-3H3,(H,14,15). The molecule has 2 N–H and O–H groups in total. The van der Waals surface area contributed by atoms with E-state index in [4.69, 9.17) is 5.11 Å². The van der Waals surface area contributed by atoms with Gasteiger partial charge in [-0.15, -0.1) is 0 Å². The summed E-state index contributed by atoms with van der Waals surface area (Å²) < 4.78 is 1.50. The summed E-state index contributed by atoms with van der Waals surface area (Å²) in [5.41, 5.74) is -1.03. The van der Waals surface area contributed by atoms with Crippen LogP contribution >= 0.6 is 0 Å². The number of carbonyl (C=O) groups is 1. The second-order valence-electron chi connectivity index (χ2n) is 4.03. The fourth-order valence-corrected chi connectivity index (χ4v) is 1.45. The number of carboxylic acids is 1. The highest BCUT2D eigenvalue weighted by Crippen LogP contribution is 2.08. The molecule has 0 radical (unpaired) electrons. The van der Waals surface area contributed by atoms with Crippen LogP contribution in [-0.4, -0.2) is 37.4 Å². The van der Waals surface area contributed by atoms with Crippen LogP contribution in [0.4, 0.5) is 0 Å². The molecule has 1 aromatic rings. The molecule has 84 valence electrons. The van der Waals surface area contributed by atoms with Crippen molar-refractivity contribution in [1.82, 2.24) is 20.1 Å². The minimum absolute atomic E-state index is 0.0922. The zero-order valence-corrected chi connectivity index (χ0v) is 9.14. The van der Waals surface area contributed by atoms with E-state index in [-0.39, 0.29) is 12.6 Å². The van der Waals surface area contributed by atoms with Gasteiger partial charge in [0.15, 0.2) is 0 Å². The molecule has 0 aromatic carbocycles. The molecule has 1 atom stereocenters. The predicted octanol–water partition coefficient (Wildman–Crippen LogP) is 0.119. The third-order valence-corrected chi connectivity index (χ3v) is 2.02. The number of aromatic nitrogens is 3. The topological polar surface area (TPSA) is 80.0 Å². The van der Waals surface area contributed by atoms with Crippen molar-refractivity contribution in [2.45, 2.75) is 38.9 Å². The molecule has 0 fully saturated rings. The number of nitrogens with one attached hydrogen (secondary N) is 1. The summed E-state index contributed by atoms with van der Waals surface area (Å²) in [4.78, 5) is 14.9. The van der Waals surface area contributed by atoms with Gasteiger partial charge in [-0.2, -0.15) is 5.10 Å². The maximum atomic E-state index is 11.2. The van der Waals surface area contributed by atoms with Gasteiger partial charge in [0.05, 0.1) is 6.54 Å². The van der Waals surface area contributed by atoms with E-state index in [1.165, 1.54) is 17.3 Å². The van der Waals surface area contributed by atoms with Gasteiger partial charge in [-0.25, -0.2) is 4.98 Å². The maximum Gasteiger partial charge on any atom is 0.325 e. The zero-order chi connectivity index (χ0) is 11.5. The Kier molecular flexibility index (Phi) is 3.41. The van der Waals surface area contributed by atoms with Crippen molar-refractivity contribution in [2.24, 2.45) is 0 Å². The highest BCUT2D eigenvalue weighted by Gasteiger charge is 2.34. The van der Waals surface area contributed by atoms with Crippen molar-refractivity contribution >= 4 is 5.97 Å². The molecule has 0 bridgehead atoms. The van der Waals surface area contributed by atoms with Crippen molar-refractivity contribution < 1.29 is 9.90 Å². The van der Waals surface area contributed by atoms with Gasteiger partial charge in [0.2, 0.25) is 0 Å². The fourth-order valence-electron chi connectivity index (χ4n) is 1.45. The summed E-state index contributed by atoms with van der Waals surface area (Å²) in [5, 5.41) is 16.1. The molecule has 0 saturated carbocycles. The van der Waals surface area contributed by atoms with Crippen LogP contribution in [0.3, 0.4) is 0 Å². The molecule has 0 amide bonds. The first-order chi connectivity index (χ1) is 6.94. The Hall–Kier alpha value is -1.43. The van der Waals surface area contributed by atoms with Gasteiger partial charge >= 0.3 is 5.97 Å². The Bertz CT molecular complexity index is 323. The van der Waals surface area contributed by atoms with Crippen LogP contribution in [0.5, 0.6) is 0 Å². The van der Waals surface area contributed by atoms with Crippen LogP contribution in [0.15, 0.2) is 12.7 Å². The number of hydrogen-bond donors (Lipinski definition) is 2. The van der Waals surface area contributed by atoms with E-state index in [9.17, 15) is 4.79 Å². The molecular formula is C9H16N4O2. The lowest BCUT2D eigenvalue weighted by molar-refractivity contribution is -0.145. The summed E-state index contributed by atoms with van der Waals surface area (Å²) in [7, 11) is 0. The minimum atomic E-state index is -1.03. The first kappa shape index (κ1) is 11.6. The predicted molar refractivity (Wildman–Crippen MR) is 54.3 cm³/mol. The smallest absolute Gasteiger partial charge is 0.325 e. The zero-order valence-electron chi connectivity index (χ0n) is 9.14. The van der Waals surface area contributed by atoms with Crippen LogP contribution in [0.25, 0.3) is 0 Å². The molecule has 1 unspecified atom stereocenters. The Balaban J connectivity index is 2.78. The van der Waals surface area contributed by atoms with E-state index in [0.717, 1.165) is 0 Å². The van der Waals surface area contributed by atoms with Crippen LogP contribution < -0.4 is 5.32 Å². The fraction of sp³-hybridized carbons (Fsp3) is 0.667. The van der Waals surface area contributed by atoms with Crippen LogP contribution in [-0.2, 0) is 11.3 Å². The molecule has 0 saturated heterocycles. The van der Waals surface area contributed by atoms with E-state index in [2.05, 4.69) is 15.4 Å². The lowest BCUT2D eigenvalue weighted by Gasteiger charge is -2.28. The van der Waals surface area contributed by atoms with Gasteiger partial charge in [0.25, 0.3) is 0 Å². The monoisotopic (exact) mass is 212 g/mol. The first-order valence-corrected chi connectivity index (χ1v) is 4.77. The van der Waals surface area contributed by atoms with Gasteiger partial charge in [-0.3, -0.25) is 14.8 Å². The molecule has 6 nitrogen and oxygen atoms in total. The third-order valence-electron chi connectivity index (χ3n) is 2.02. The van der Waals surface area contributed by atoms with Gasteiger partial charge in [0, 0.05) is 6.04 Å². The molecule has 6 heteroatoms.